The number of thioether (sulfide) groups is 1. The van der Waals surface area contributed by atoms with Gasteiger partial charge in [-0.1, -0.05) is 23.2 Å². The molecule has 20 heavy (non-hydrogen) atoms. The highest BCUT2D eigenvalue weighted by Gasteiger charge is 2.11. The van der Waals surface area contributed by atoms with Crippen molar-refractivity contribution in [3.05, 3.63) is 39.6 Å². The van der Waals surface area contributed by atoms with Gasteiger partial charge in [-0.25, -0.2) is 0 Å². The molecule has 0 bridgehead atoms. The Bertz CT molecular complexity index is 623. The maximum Gasteiger partial charge on any atom is 0.234 e. The second-order valence-corrected chi connectivity index (χ2v) is 6.08. The molecule has 1 aromatic heterocycles. The first kappa shape index (κ1) is 15.2. The van der Waals surface area contributed by atoms with Gasteiger partial charge in [0.25, 0.3) is 0 Å². The number of rotatable bonds is 4. The molecule has 2 N–H and O–H groups in total. The van der Waals surface area contributed by atoms with Gasteiger partial charge in [0.1, 0.15) is 0 Å². The molecule has 1 heterocycles. The SMILES string of the molecule is Cc1n[nH]c(C)c1NC(=O)CSc1cc(Cl)ccc1Cl. The molecule has 0 aliphatic rings. The Hall–Kier alpha value is -1.17. The van der Waals surface area contributed by atoms with E-state index in [0.29, 0.717) is 10.0 Å². The number of nitrogens with one attached hydrogen (secondary N) is 2. The van der Waals surface area contributed by atoms with E-state index in [1.165, 1.54) is 11.8 Å². The van der Waals surface area contributed by atoms with Crippen LogP contribution < -0.4 is 5.32 Å². The van der Waals surface area contributed by atoms with Crippen LogP contribution in [0.1, 0.15) is 11.4 Å². The van der Waals surface area contributed by atoms with Crippen LogP contribution in [0, 0.1) is 13.8 Å². The number of aromatic nitrogens is 2. The van der Waals surface area contributed by atoms with Gasteiger partial charge >= 0.3 is 0 Å². The maximum atomic E-state index is 11.9. The number of hydrogen-bond donors (Lipinski definition) is 2. The van der Waals surface area contributed by atoms with Gasteiger partial charge in [0.15, 0.2) is 0 Å². The molecule has 106 valence electrons. The Labute approximate surface area is 131 Å². The summed E-state index contributed by atoms with van der Waals surface area (Å²) in [6.45, 7) is 3.69. The highest BCUT2D eigenvalue weighted by Crippen LogP contribution is 2.30. The minimum Gasteiger partial charge on any atom is -0.322 e. The largest absolute Gasteiger partial charge is 0.322 e. The summed E-state index contributed by atoms with van der Waals surface area (Å²) in [6.07, 6.45) is 0. The summed E-state index contributed by atoms with van der Waals surface area (Å²) in [5.41, 5.74) is 2.33. The smallest absolute Gasteiger partial charge is 0.234 e. The van der Waals surface area contributed by atoms with Crippen molar-refractivity contribution in [1.29, 1.82) is 0 Å². The van der Waals surface area contributed by atoms with Crippen molar-refractivity contribution in [2.24, 2.45) is 0 Å². The summed E-state index contributed by atoms with van der Waals surface area (Å²) >= 11 is 13.3. The molecule has 0 atom stereocenters. The Morgan fingerprint density at radius 3 is 2.80 bits per heavy atom. The third-order valence-electron chi connectivity index (χ3n) is 2.64. The lowest BCUT2D eigenvalue weighted by Crippen LogP contribution is -2.15. The average molecular weight is 330 g/mol. The lowest BCUT2D eigenvalue weighted by molar-refractivity contribution is -0.113. The number of hydrogen-bond acceptors (Lipinski definition) is 3. The number of benzene rings is 1. The molecule has 0 unspecified atom stereocenters. The van der Waals surface area contributed by atoms with E-state index in [9.17, 15) is 4.79 Å². The second kappa shape index (κ2) is 6.52. The summed E-state index contributed by atoms with van der Waals surface area (Å²) in [5, 5.41) is 10.9. The number of halogens is 2. The summed E-state index contributed by atoms with van der Waals surface area (Å²) in [4.78, 5) is 12.7. The van der Waals surface area contributed by atoms with Crippen LogP contribution in [0.3, 0.4) is 0 Å². The monoisotopic (exact) mass is 329 g/mol. The lowest BCUT2D eigenvalue weighted by atomic mass is 10.3. The number of anilines is 1. The van der Waals surface area contributed by atoms with Crippen molar-refractivity contribution in [3.8, 4) is 0 Å². The maximum absolute atomic E-state index is 11.9. The van der Waals surface area contributed by atoms with E-state index in [-0.39, 0.29) is 11.7 Å². The van der Waals surface area contributed by atoms with Crippen molar-refractivity contribution in [2.75, 3.05) is 11.1 Å². The number of carbonyl (C=O) groups is 1. The van der Waals surface area contributed by atoms with Gasteiger partial charge < -0.3 is 5.32 Å². The lowest BCUT2D eigenvalue weighted by Gasteiger charge is -2.06. The fourth-order valence-corrected chi connectivity index (χ4v) is 2.93. The van der Waals surface area contributed by atoms with Gasteiger partial charge in [-0.15, -0.1) is 11.8 Å². The summed E-state index contributed by atoms with van der Waals surface area (Å²) < 4.78 is 0. The first-order valence-electron chi connectivity index (χ1n) is 5.86. The van der Waals surface area contributed by atoms with Crippen LogP contribution in [-0.2, 0) is 4.79 Å². The predicted molar refractivity (Wildman–Crippen MR) is 83.9 cm³/mol. The van der Waals surface area contributed by atoms with Gasteiger partial charge in [0.05, 0.1) is 27.9 Å². The molecule has 0 saturated carbocycles. The van der Waals surface area contributed by atoms with Gasteiger partial charge in [0.2, 0.25) is 5.91 Å². The molecule has 1 aromatic carbocycles. The molecular weight excluding hydrogens is 317 g/mol. The van der Waals surface area contributed by atoms with E-state index in [4.69, 9.17) is 23.2 Å². The molecule has 2 rings (SSSR count). The van der Waals surface area contributed by atoms with Gasteiger partial charge in [-0.2, -0.15) is 5.10 Å². The summed E-state index contributed by atoms with van der Waals surface area (Å²) in [7, 11) is 0. The molecular formula is C13H13Cl2N3OS. The fourth-order valence-electron chi connectivity index (χ4n) is 1.64. The number of aromatic amines is 1. The van der Waals surface area contributed by atoms with Crippen molar-refractivity contribution < 1.29 is 4.79 Å². The van der Waals surface area contributed by atoms with Crippen LogP contribution in [-0.4, -0.2) is 21.9 Å². The minimum atomic E-state index is -0.112. The number of nitrogens with zero attached hydrogens (tertiary/aromatic N) is 1. The standard InChI is InChI=1S/C13H13Cl2N3OS/c1-7-13(8(2)18-17-7)16-12(19)6-20-11-5-9(14)3-4-10(11)15/h3-5H,6H2,1-2H3,(H,16,19)(H,17,18). The van der Waals surface area contributed by atoms with Gasteiger partial charge in [-0.05, 0) is 32.0 Å². The van der Waals surface area contributed by atoms with Crippen LogP contribution in [0.2, 0.25) is 10.0 Å². The Morgan fingerprint density at radius 1 is 1.40 bits per heavy atom. The first-order valence-corrected chi connectivity index (χ1v) is 7.61. The Kier molecular flexibility index (Phi) is 4.96. The third-order valence-corrected chi connectivity index (χ3v) is 4.38. The predicted octanol–water partition coefficient (Wildman–Crippen LogP) is 4.06. The van der Waals surface area contributed by atoms with Crippen molar-refractivity contribution in [2.45, 2.75) is 18.7 Å². The topological polar surface area (TPSA) is 57.8 Å². The molecule has 2 aromatic rings. The van der Waals surface area contributed by atoms with E-state index in [0.717, 1.165) is 22.0 Å². The van der Waals surface area contributed by atoms with Crippen LogP contribution in [0.25, 0.3) is 0 Å². The van der Waals surface area contributed by atoms with Crippen LogP contribution >= 0.6 is 35.0 Å². The molecule has 4 nitrogen and oxygen atoms in total. The molecule has 1 amide bonds. The number of carbonyl (C=O) groups excluding carboxylic acids is 1. The zero-order chi connectivity index (χ0) is 14.7. The zero-order valence-electron chi connectivity index (χ0n) is 11.0. The van der Waals surface area contributed by atoms with E-state index in [1.54, 1.807) is 18.2 Å². The highest BCUT2D eigenvalue weighted by molar-refractivity contribution is 8.00. The third kappa shape index (κ3) is 3.69. The molecule has 0 aliphatic heterocycles. The molecule has 0 radical (unpaired) electrons. The molecule has 0 spiro atoms. The van der Waals surface area contributed by atoms with Crippen LogP contribution in [0.15, 0.2) is 23.1 Å². The number of amides is 1. The number of aryl methyl sites for hydroxylation is 2. The van der Waals surface area contributed by atoms with Crippen molar-refractivity contribution >= 4 is 46.6 Å². The van der Waals surface area contributed by atoms with Crippen LogP contribution in [0.4, 0.5) is 5.69 Å². The van der Waals surface area contributed by atoms with Crippen molar-refractivity contribution in [3.63, 3.8) is 0 Å². The van der Waals surface area contributed by atoms with E-state index < -0.39 is 0 Å². The molecule has 0 saturated heterocycles. The molecule has 0 fully saturated rings. The van der Waals surface area contributed by atoms with Crippen molar-refractivity contribution in [1.82, 2.24) is 10.2 Å². The van der Waals surface area contributed by atoms with E-state index in [2.05, 4.69) is 15.5 Å². The average Bonchev–Trinajstić information content (AvgIpc) is 2.71. The fraction of sp³-hybridized carbons (Fsp3) is 0.231. The summed E-state index contributed by atoms with van der Waals surface area (Å²) in [6, 6.07) is 5.18. The van der Waals surface area contributed by atoms with Gasteiger partial charge in [0, 0.05) is 9.92 Å². The Morgan fingerprint density at radius 2 is 2.15 bits per heavy atom. The quantitative estimate of drug-likeness (QED) is 0.831. The zero-order valence-corrected chi connectivity index (χ0v) is 13.3. The first-order chi connectivity index (χ1) is 9.47. The molecule has 7 heteroatoms. The summed E-state index contributed by atoms with van der Waals surface area (Å²) in [5.74, 6) is 0.142. The van der Waals surface area contributed by atoms with Crippen LogP contribution in [0.5, 0.6) is 0 Å². The minimum absolute atomic E-state index is 0.112. The van der Waals surface area contributed by atoms with Gasteiger partial charge in [-0.3, -0.25) is 9.89 Å². The highest BCUT2D eigenvalue weighted by atomic mass is 35.5. The second-order valence-electron chi connectivity index (χ2n) is 4.22. The Balaban J connectivity index is 1.97. The number of H-pyrrole nitrogens is 1. The normalized spacial score (nSPS) is 10.6. The molecule has 0 aliphatic carbocycles. The van der Waals surface area contributed by atoms with E-state index >= 15 is 0 Å². The van der Waals surface area contributed by atoms with E-state index in [1.807, 2.05) is 13.8 Å².